The molecule has 0 aliphatic carbocycles. The van der Waals surface area contributed by atoms with Crippen molar-refractivity contribution in [1.29, 1.82) is 0 Å². The van der Waals surface area contributed by atoms with Crippen molar-refractivity contribution >= 4 is 49.5 Å². The summed E-state index contributed by atoms with van der Waals surface area (Å²) in [5.74, 6) is 1.04. The molecule has 2 aromatic rings. The summed E-state index contributed by atoms with van der Waals surface area (Å²) < 4.78 is 12.6. The van der Waals surface area contributed by atoms with Crippen LogP contribution >= 0.6 is 31.9 Å². The van der Waals surface area contributed by atoms with Gasteiger partial charge in [-0.1, -0.05) is 26.8 Å². The van der Waals surface area contributed by atoms with Gasteiger partial charge in [0.2, 0.25) is 5.91 Å². The Morgan fingerprint density at radius 1 is 1.14 bits per heavy atom. The minimum Gasteiger partial charge on any atom is -0.493 e. The Morgan fingerprint density at radius 3 is 2.43 bits per heavy atom. The number of anilines is 1. The van der Waals surface area contributed by atoms with Crippen LogP contribution in [-0.4, -0.2) is 19.6 Å². The molecule has 0 aliphatic rings. The van der Waals surface area contributed by atoms with Gasteiger partial charge >= 0.3 is 0 Å². The van der Waals surface area contributed by atoms with Crippen molar-refractivity contribution < 1.29 is 14.3 Å². The van der Waals surface area contributed by atoms with Crippen molar-refractivity contribution in [2.24, 2.45) is 0 Å². The second-order valence-electron chi connectivity index (χ2n) is 7.23. The molecule has 0 radical (unpaired) electrons. The molecule has 1 amide bonds. The van der Waals surface area contributed by atoms with Crippen molar-refractivity contribution in [3.05, 3.63) is 56.5 Å². The molecule has 0 atom stereocenters. The van der Waals surface area contributed by atoms with Crippen LogP contribution in [0.4, 0.5) is 5.69 Å². The summed E-state index contributed by atoms with van der Waals surface area (Å²) in [4.78, 5) is 12.3. The molecular weight excluding hydrogens is 486 g/mol. The average Bonchev–Trinajstić information content (AvgIpc) is 2.62. The molecule has 2 rings (SSSR count). The predicted molar refractivity (Wildman–Crippen MR) is 122 cm³/mol. The quantitative estimate of drug-likeness (QED) is 0.447. The zero-order valence-electron chi connectivity index (χ0n) is 16.7. The van der Waals surface area contributed by atoms with Gasteiger partial charge in [0, 0.05) is 10.5 Å². The van der Waals surface area contributed by atoms with Crippen molar-refractivity contribution in [3.8, 4) is 11.5 Å². The molecule has 150 valence electrons. The highest BCUT2D eigenvalue weighted by Crippen LogP contribution is 2.37. The summed E-state index contributed by atoms with van der Waals surface area (Å²) in [7, 11) is 1.59. The van der Waals surface area contributed by atoms with Gasteiger partial charge in [0.05, 0.1) is 23.9 Å². The maximum absolute atomic E-state index is 12.3. The van der Waals surface area contributed by atoms with E-state index in [-0.39, 0.29) is 11.3 Å². The van der Waals surface area contributed by atoms with Crippen LogP contribution in [0.15, 0.2) is 45.4 Å². The van der Waals surface area contributed by atoms with Crippen molar-refractivity contribution in [2.75, 3.05) is 19.0 Å². The lowest BCUT2D eigenvalue weighted by atomic mass is 9.87. The minimum atomic E-state index is -0.215. The van der Waals surface area contributed by atoms with E-state index < -0.39 is 0 Å². The Balaban J connectivity index is 2.15. The molecule has 0 saturated carbocycles. The Kier molecular flexibility index (Phi) is 7.72. The maximum atomic E-state index is 12.3. The fourth-order valence-corrected chi connectivity index (χ4v) is 3.60. The number of halogens is 2. The molecule has 0 unspecified atom stereocenters. The van der Waals surface area contributed by atoms with Gasteiger partial charge in [-0.25, -0.2) is 0 Å². The van der Waals surface area contributed by atoms with Crippen LogP contribution in [0.2, 0.25) is 0 Å². The van der Waals surface area contributed by atoms with Gasteiger partial charge in [-0.3, -0.25) is 4.79 Å². The molecule has 0 spiro atoms. The summed E-state index contributed by atoms with van der Waals surface area (Å²) in [5.41, 5.74) is 2.79. The largest absolute Gasteiger partial charge is 0.493 e. The highest BCUT2D eigenvalue weighted by molar-refractivity contribution is 9.11. The van der Waals surface area contributed by atoms with Gasteiger partial charge in [0.25, 0.3) is 0 Å². The first-order chi connectivity index (χ1) is 13.2. The van der Waals surface area contributed by atoms with Gasteiger partial charge in [-0.2, -0.15) is 0 Å². The molecule has 28 heavy (non-hydrogen) atoms. The summed E-state index contributed by atoms with van der Waals surface area (Å²) in [5, 5.41) is 2.89. The van der Waals surface area contributed by atoms with E-state index in [1.807, 2.05) is 37.3 Å². The average molecular weight is 511 g/mol. The molecule has 1 N–H and O–H groups in total. The van der Waals surface area contributed by atoms with E-state index in [2.05, 4.69) is 57.9 Å². The smallest absolute Gasteiger partial charge is 0.248 e. The predicted octanol–water partition coefficient (Wildman–Crippen LogP) is 6.57. The number of methoxy groups -OCH3 is 1. The molecule has 6 heteroatoms. The van der Waals surface area contributed by atoms with E-state index in [9.17, 15) is 4.79 Å². The van der Waals surface area contributed by atoms with Crippen molar-refractivity contribution in [1.82, 2.24) is 0 Å². The van der Waals surface area contributed by atoms with E-state index in [1.165, 1.54) is 11.6 Å². The highest BCUT2D eigenvalue weighted by Gasteiger charge is 2.15. The van der Waals surface area contributed by atoms with Crippen LogP contribution in [0.25, 0.3) is 6.08 Å². The standard InChI is InChI=1S/C22H25Br2NO3/c1-6-28-21-17(24)11-14(12-19(21)27-5)7-10-20(26)25-18-9-8-15(13-16(18)23)22(2,3)4/h7-13H,6H2,1-5H3,(H,25,26)/b10-7+. The first kappa shape index (κ1) is 22.5. The fourth-order valence-electron chi connectivity index (χ4n) is 2.55. The number of amides is 1. The van der Waals surface area contributed by atoms with Crippen LogP contribution in [0, 0.1) is 0 Å². The number of carbonyl (C=O) groups is 1. The number of hydrogen-bond donors (Lipinski definition) is 1. The lowest BCUT2D eigenvalue weighted by Gasteiger charge is -2.20. The molecule has 0 heterocycles. The van der Waals surface area contributed by atoms with Crippen molar-refractivity contribution in [2.45, 2.75) is 33.1 Å². The molecule has 0 fully saturated rings. The Bertz CT molecular complexity index is 886. The number of rotatable bonds is 6. The number of nitrogens with one attached hydrogen (secondary N) is 1. The van der Waals surface area contributed by atoms with Crippen LogP contribution < -0.4 is 14.8 Å². The normalized spacial score (nSPS) is 11.5. The summed E-state index contributed by atoms with van der Waals surface area (Å²) in [6, 6.07) is 9.68. The van der Waals surface area contributed by atoms with E-state index >= 15 is 0 Å². The molecule has 0 bridgehead atoms. The molecule has 0 aliphatic heterocycles. The highest BCUT2D eigenvalue weighted by atomic mass is 79.9. The van der Waals surface area contributed by atoms with Crippen LogP contribution in [0.5, 0.6) is 11.5 Å². The van der Waals surface area contributed by atoms with E-state index in [1.54, 1.807) is 13.2 Å². The zero-order chi connectivity index (χ0) is 20.9. The van der Waals surface area contributed by atoms with Gasteiger partial charge in [0.15, 0.2) is 11.5 Å². The number of ether oxygens (including phenoxy) is 2. The first-order valence-electron chi connectivity index (χ1n) is 8.95. The number of hydrogen-bond acceptors (Lipinski definition) is 3. The molecule has 4 nitrogen and oxygen atoms in total. The van der Waals surface area contributed by atoms with E-state index in [0.29, 0.717) is 18.1 Å². The Labute approximate surface area is 183 Å². The molecular formula is C22H25Br2NO3. The molecule has 0 aromatic heterocycles. The van der Waals surface area contributed by atoms with Crippen LogP contribution in [-0.2, 0) is 10.2 Å². The monoisotopic (exact) mass is 509 g/mol. The number of carbonyl (C=O) groups excluding carboxylic acids is 1. The van der Waals surface area contributed by atoms with Gasteiger partial charge < -0.3 is 14.8 Å². The second kappa shape index (κ2) is 9.61. The summed E-state index contributed by atoms with van der Waals surface area (Å²) in [6.07, 6.45) is 3.22. The topological polar surface area (TPSA) is 47.6 Å². The number of benzene rings is 2. The van der Waals surface area contributed by atoms with Crippen LogP contribution in [0.1, 0.15) is 38.8 Å². The van der Waals surface area contributed by atoms with Gasteiger partial charge in [-0.05, 0) is 85.7 Å². The van der Waals surface area contributed by atoms with Crippen LogP contribution in [0.3, 0.4) is 0 Å². The Morgan fingerprint density at radius 2 is 1.86 bits per heavy atom. The first-order valence-corrected chi connectivity index (χ1v) is 10.5. The second-order valence-corrected chi connectivity index (χ2v) is 8.94. The van der Waals surface area contributed by atoms with E-state index in [4.69, 9.17) is 9.47 Å². The zero-order valence-corrected chi connectivity index (χ0v) is 19.9. The maximum Gasteiger partial charge on any atom is 0.248 e. The molecule has 2 aromatic carbocycles. The molecule has 0 saturated heterocycles. The third kappa shape index (κ3) is 5.85. The summed E-state index contributed by atoms with van der Waals surface area (Å²) in [6.45, 7) is 8.91. The SMILES string of the molecule is CCOc1c(Br)cc(/C=C/C(=O)Nc2ccc(C(C)(C)C)cc2Br)cc1OC. The van der Waals surface area contributed by atoms with Crippen molar-refractivity contribution in [3.63, 3.8) is 0 Å². The van der Waals surface area contributed by atoms with Gasteiger partial charge in [0.1, 0.15) is 0 Å². The third-order valence-electron chi connectivity index (χ3n) is 4.06. The fraction of sp³-hybridized carbons (Fsp3) is 0.318. The summed E-state index contributed by atoms with van der Waals surface area (Å²) >= 11 is 7.03. The lowest BCUT2D eigenvalue weighted by Crippen LogP contribution is -2.12. The lowest BCUT2D eigenvalue weighted by molar-refractivity contribution is -0.111. The third-order valence-corrected chi connectivity index (χ3v) is 5.31. The van der Waals surface area contributed by atoms with E-state index in [0.717, 1.165) is 20.2 Å². The Hall–Kier alpha value is -1.79. The minimum absolute atomic E-state index is 0.0467. The van der Waals surface area contributed by atoms with Gasteiger partial charge in [-0.15, -0.1) is 0 Å².